The molecule has 0 aliphatic carbocycles. The van der Waals surface area contributed by atoms with E-state index in [4.69, 9.17) is 5.73 Å². The summed E-state index contributed by atoms with van der Waals surface area (Å²) in [5.41, 5.74) is 7.63. The highest BCUT2D eigenvalue weighted by molar-refractivity contribution is 5.22. The van der Waals surface area contributed by atoms with Crippen molar-refractivity contribution in [1.82, 2.24) is 0 Å². The van der Waals surface area contributed by atoms with E-state index in [1.807, 2.05) is 0 Å². The summed E-state index contributed by atoms with van der Waals surface area (Å²) in [7, 11) is 4.77. The van der Waals surface area contributed by atoms with E-state index >= 15 is 0 Å². The van der Waals surface area contributed by atoms with Crippen molar-refractivity contribution in [1.29, 1.82) is 0 Å². The van der Waals surface area contributed by atoms with E-state index in [0.717, 1.165) is 10.9 Å². The summed E-state index contributed by atoms with van der Waals surface area (Å²) in [6.07, 6.45) is 19.3. The molecule has 2 N–H and O–H groups in total. The Kier molecular flexibility index (Phi) is 13.6. The zero-order chi connectivity index (χ0) is 21.4. The molecule has 1 atom stereocenters. The van der Waals surface area contributed by atoms with Gasteiger partial charge < -0.3 is 10.2 Å². The maximum Gasteiger partial charge on any atom is 0.0783 e. The number of unbranched alkanes of at least 4 members (excludes halogenated alkanes) is 11. The molecule has 0 radical (unpaired) electrons. The third-order valence-electron chi connectivity index (χ3n) is 6.51. The fourth-order valence-corrected chi connectivity index (χ4v) is 4.33. The molecule has 0 aliphatic rings. The van der Waals surface area contributed by atoms with E-state index in [-0.39, 0.29) is 5.54 Å². The number of hydrogen-bond donors (Lipinski definition) is 1. The second-order valence-electron chi connectivity index (χ2n) is 10.2. The van der Waals surface area contributed by atoms with Gasteiger partial charge in [-0.3, -0.25) is 0 Å². The first-order valence-corrected chi connectivity index (χ1v) is 12.5. The Balaban J connectivity index is 2.02. The zero-order valence-corrected chi connectivity index (χ0v) is 20.2. The highest BCUT2D eigenvalue weighted by Gasteiger charge is 2.22. The molecule has 0 aromatic heterocycles. The predicted octanol–water partition coefficient (Wildman–Crippen LogP) is 7.42. The fourth-order valence-electron chi connectivity index (χ4n) is 4.33. The van der Waals surface area contributed by atoms with Crippen molar-refractivity contribution in [3.8, 4) is 0 Å². The van der Waals surface area contributed by atoms with Gasteiger partial charge in [-0.1, -0.05) is 101 Å². The Morgan fingerprint density at radius 1 is 0.690 bits per heavy atom. The summed E-state index contributed by atoms with van der Waals surface area (Å²) < 4.78 is 1.13. The molecular weight excluding hydrogens is 352 g/mol. The highest BCUT2D eigenvalue weighted by Crippen LogP contribution is 2.23. The van der Waals surface area contributed by atoms with Crippen molar-refractivity contribution in [2.45, 2.75) is 109 Å². The maximum absolute atomic E-state index is 6.58. The van der Waals surface area contributed by atoms with Gasteiger partial charge in [-0.2, -0.15) is 0 Å². The van der Waals surface area contributed by atoms with Gasteiger partial charge in [0, 0.05) is 5.54 Å². The lowest BCUT2D eigenvalue weighted by atomic mass is 9.88. The van der Waals surface area contributed by atoms with Crippen LogP contribution in [0.2, 0.25) is 0 Å². The van der Waals surface area contributed by atoms with E-state index in [2.05, 4.69) is 58.3 Å². The van der Waals surface area contributed by atoms with Crippen LogP contribution < -0.4 is 5.73 Å². The lowest BCUT2D eigenvalue weighted by molar-refractivity contribution is -0.890. The Labute approximate surface area is 182 Å². The molecule has 0 amide bonds. The van der Waals surface area contributed by atoms with Crippen molar-refractivity contribution in [3.63, 3.8) is 0 Å². The molecule has 0 spiro atoms. The summed E-state index contributed by atoms with van der Waals surface area (Å²) in [4.78, 5) is 0. The molecule has 0 aliphatic heterocycles. The Morgan fingerprint density at radius 3 is 1.66 bits per heavy atom. The van der Waals surface area contributed by atoms with Crippen LogP contribution in [0.1, 0.15) is 109 Å². The number of hydrogen-bond acceptors (Lipinski definition) is 1. The molecular formula is C27H51N2+. The molecule has 1 unspecified atom stereocenters. The molecule has 0 saturated heterocycles. The molecule has 2 heteroatoms. The van der Waals surface area contributed by atoms with Crippen LogP contribution in [0.4, 0.5) is 0 Å². The van der Waals surface area contributed by atoms with Crippen LogP contribution in [0.15, 0.2) is 30.3 Å². The van der Waals surface area contributed by atoms with Gasteiger partial charge >= 0.3 is 0 Å². The molecule has 1 aromatic carbocycles. The average Bonchev–Trinajstić information content (AvgIpc) is 2.69. The quantitative estimate of drug-likeness (QED) is 0.200. The second-order valence-corrected chi connectivity index (χ2v) is 10.2. The van der Waals surface area contributed by atoms with Crippen LogP contribution >= 0.6 is 0 Å². The number of quaternary nitrogens is 1. The molecule has 2 nitrogen and oxygen atoms in total. The fraction of sp³-hybridized carbons (Fsp3) is 0.778. The summed E-state index contributed by atoms with van der Waals surface area (Å²) in [6.45, 7) is 6.98. The summed E-state index contributed by atoms with van der Waals surface area (Å²) in [6, 6.07) is 10.6. The molecule has 0 heterocycles. The minimum absolute atomic E-state index is 0.211. The number of rotatable bonds is 18. The van der Waals surface area contributed by atoms with E-state index in [9.17, 15) is 0 Å². The lowest BCUT2D eigenvalue weighted by Crippen LogP contribution is -2.42. The molecule has 1 rings (SSSR count). The maximum atomic E-state index is 6.58. The number of nitrogens with zero attached hydrogens (tertiary/aromatic N) is 1. The second kappa shape index (κ2) is 15.0. The third kappa shape index (κ3) is 13.1. The zero-order valence-electron chi connectivity index (χ0n) is 20.2. The first-order chi connectivity index (χ1) is 13.9. The lowest BCUT2D eigenvalue weighted by Gasteiger charge is -2.32. The van der Waals surface area contributed by atoms with Gasteiger partial charge in [0.1, 0.15) is 0 Å². The van der Waals surface area contributed by atoms with Gasteiger partial charge in [-0.25, -0.2) is 0 Å². The summed E-state index contributed by atoms with van der Waals surface area (Å²) in [5.74, 6) is 0. The summed E-state index contributed by atoms with van der Waals surface area (Å²) >= 11 is 0. The van der Waals surface area contributed by atoms with Gasteiger partial charge in [-0.05, 0) is 38.2 Å². The van der Waals surface area contributed by atoms with E-state index in [1.165, 1.54) is 102 Å². The summed E-state index contributed by atoms with van der Waals surface area (Å²) in [5, 5.41) is 0. The molecule has 0 bridgehead atoms. The van der Waals surface area contributed by atoms with Gasteiger partial charge in [-0.15, -0.1) is 0 Å². The highest BCUT2D eigenvalue weighted by atomic mass is 15.3. The van der Waals surface area contributed by atoms with Gasteiger partial charge in [0.15, 0.2) is 0 Å². The largest absolute Gasteiger partial charge is 0.328 e. The van der Waals surface area contributed by atoms with Crippen LogP contribution in [0.5, 0.6) is 0 Å². The Hall–Kier alpha value is -0.860. The molecule has 29 heavy (non-hydrogen) atoms. The predicted molar refractivity (Wildman–Crippen MR) is 130 cm³/mol. The van der Waals surface area contributed by atoms with E-state index in [0.29, 0.717) is 0 Å². The normalized spacial score (nSPS) is 14.1. The van der Waals surface area contributed by atoms with Crippen molar-refractivity contribution >= 4 is 0 Å². The van der Waals surface area contributed by atoms with Crippen LogP contribution in [0.25, 0.3) is 0 Å². The SMILES string of the molecule is CCCCCCCCCCCCCC[N+](C)(C)CCCC(C)(N)c1ccccc1. The Morgan fingerprint density at radius 2 is 1.14 bits per heavy atom. The van der Waals surface area contributed by atoms with Gasteiger partial charge in [0.25, 0.3) is 0 Å². The Bertz CT molecular complexity index is 493. The minimum atomic E-state index is -0.211. The van der Waals surface area contributed by atoms with E-state index < -0.39 is 0 Å². The first kappa shape index (κ1) is 26.2. The smallest absolute Gasteiger partial charge is 0.0783 e. The van der Waals surface area contributed by atoms with E-state index in [1.54, 1.807) is 0 Å². The van der Waals surface area contributed by atoms with Crippen molar-refractivity contribution < 1.29 is 4.48 Å². The van der Waals surface area contributed by atoms with Crippen molar-refractivity contribution in [2.75, 3.05) is 27.2 Å². The molecule has 1 aromatic rings. The minimum Gasteiger partial charge on any atom is -0.328 e. The number of benzene rings is 1. The van der Waals surface area contributed by atoms with Crippen LogP contribution in [0, 0.1) is 0 Å². The molecule has 0 saturated carbocycles. The van der Waals surface area contributed by atoms with Crippen molar-refractivity contribution in [3.05, 3.63) is 35.9 Å². The first-order valence-electron chi connectivity index (χ1n) is 12.5. The third-order valence-corrected chi connectivity index (χ3v) is 6.51. The number of nitrogens with two attached hydrogens (primary N) is 1. The van der Waals surface area contributed by atoms with Crippen LogP contribution in [-0.4, -0.2) is 31.7 Å². The van der Waals surface area contributed by atoms with Gasteiger partial charge in [0.05, 0.1) is 27.2 Å². The topological polar surface area (TPSA) is 26.0 Å². The molecule has 0 fully saturated rings. The standard InChI is InChI=1S/C27H51N2/c1-5-6-7-8-9-10-11-12-13-14-15-19-24-29(3,4)25-20-23-27(2,28)26-21-17-16-18-22-26/h16-18,21-22H,5-15,19-20,23-25,28H2,1-4H3/q+1. The van der Waals surface area contributed by atoms with Gasteiger partial charge in [0.2, 0.25) is 0 Å². The van der Waals surface area contributed by atoms with Crippen LogP contribution in [-0.2, 0) is 5.54 Å². The monoisotopic (exact) mass is 403 g/mol. The average molecular weight is 404 g/mol. The van der Waals surface area contributed by atoms with Crippen LogP contribution in [0.3, 0.4) is 0 Å². The molecule has 168 valence electrons. The van der Waals surface area contributed by atoms with Crippen molar-refractivity contribution in [2.24, 2.45) is 5.73 Å².